The molecule has 0 aromatic heterocycles. The summed E-state index contributed by atoms with van der Waals surface area (Å²) in [5.74, 6) is 1.21. The molecule has 0 amide bonds. The van der Waals surface area contributed by atoms with Crippen molar-refractivity contribution in [3.05, 3.63) is 30.3 Å². The molecule has 0 radical (unpaired) electrons. The van der Waals surface area contributed by atoms with Gasteiger partial charge in [-0.3, -0.25) is 0 Å². The van der Waals surface area contributed by atoms with Crippen molar-refractivity contribution in [1.82, 2.24) is 5.32 Å². The number of nitrogens with zero attached hydrogens (tertiary/aromatic N) is 1. The normalized spacial score (nSPS) is 43.7. The Balaban J connectivity index is 1.06. The van der Waals surface area contributed by atoms with Crippen LogP contribution in [0.1, 0.15) is 90.4 Å². The van der Waals surface area contributed by atoms with Crippen LogP contribution in [0.4, 0.5) is 0 Å². The second-order valence-electron chi connectivity index (χ2n) is 17.7. The third-order valence-electron chi connectivity index (χ3n) is 14.1. The van der Waals surface area contributed by atoms with E-state index in [1.807, 2.05) is 12.8 Å². The number of aliphatic imine (C=N–C) groups is 1. The summed E-state index contributed by atoms with van der Waals surface area (Å²) >= 11 is 0. The Morgan fingerprint density at radius 2 is 1.86 bits per heavy atom. The van der Waals surface area contributed by atoms with E-state index in [0.29, 0.717) is 50.2 Å². The van der Waals surface area contributed by atoms with Gasteiger partial charge in [0.2, 0.25) is 0 Å². The molecule has 56 heavy (non-hydrogen) atoms. The molecular formula is C42H65N2O10S2+. The Bertz CT molecular complexity index is 1370. The number of aliphatic hydroxyl groups is 4. The number of carbonyl (C=O) groups is 1. The van der Waals surface area contributed by atoms with Gasteiger partial charge in [-0.1, -0.05) is 59.9 Å². The largest absolute Gasteiger partial charge is 0.479 e. The zero-order valence-corrected chi connectivity index (χ0v) is 34.4. The van der Waals surface area contributed by atoms with E-state index in [4.69, 9.17) is 18.9 Å². The molecule has 3 aliphatic carbocycles. The lowest BCUT2D eigenvalue weighted by atomic mass is 9.69. The lowest BCUT2D eigenvalue weighted by Gasteiger charge is -2.51. The molecule has 7 aliphatic rings. The predicted molar refractivity (Wildman–Crippen MR) is 217 cm³/mol. The Kier molecular flexibility index (Phi) is 15.3. The third kappa shape index (κ3) is 10.1. The molecule has 4 aliphatic heterocycles. The van der Waals surface area contributed by atoms with Crippen LogP contribution in [0.3, 0.4) is 0 Å². The molecule has 3 saturated carbocycles. The number of fused-ring (bicyclic) bond motifs is 2. The third-order valence-corrected chi connectivity index (χ3v) is 16.2. The van der Waals surface area contributed by atoms with Crippen molar-refractivity contribution in [2.45, 2.75) is 145 Å². The van der Waals surface area contributed by atoms with E-state index in [0.717, 1.165) is 37.9 Å². The van der Waals surface area contributed by atoms with Crippen LogP contribution < -0.4 is 5.32 Å². The highest BCUT2D eigenvalue weighted by Gasteiger charge is 2.59. The smallest absolute Gasteiger partial charge is 0.335 e. The van der Waals surface area contributed by atoms with E-state index < -0.39 is 48.4 Å². The fraction of sp³-hybridized carbons (Fsp3) is 0.833. The molecule has 314 valence electrons. The molecular weight excluding hydrogens is 757 g/mol. The first-order valence-electron chi connectivity index (χ1n) is 21.3. The minimum atomic E-state index is -1.93. The number of β-amino-alcohol motifs (C(OH)–C–C–N with tert-alkyl or cyclic N) is 1. The molecule has 3 saturated heterocycles. The Labute approximate surface area is 340 Å². The molecule has 6 fully saturated rings. The molecule has 0 bridgehead atoms. The van der Waals surface area contributed by atoms with Gasteiger partial charge in [0.25, 0.3) is 0 Å². The van der Waals surface area contributed by atoms with Crippen LogP contribution in [0.25, 0.3) is 0 Å². The second-order valence-corrected chi connectivity index (χ2v) is 20.1. The lowest BCUT2D eigenvalue weighted by molar-refractivity contribution is -0.349. The number of allylic oxidation sites excluding steroid dienone is 3. The summed E-state index contributed by atoms with van der Waals surface area (Å²) in [4.78, 5) is 16.8. The summed E-state index contributed by atoms with van der Waals surface area (Å²) in [6.07, 6.45) is 13.7. The van der Waals surface area contributed by atoms with Crippen molar-refractivity contribution >= 4 is 33.8 Å². The molecule has 0 aromatic rings. The first kappa shape index (κ1) is 42.9. The van der Waals surface area contributed by atoms with Crippen molar-refractivity contribution < 1.29 is 49.3 Å². The second kappa shape index (κ2) is 19.9. The van der Waals surface area contributed by atoms with Crippen LogP contribution in [-0.2, 0) is 23.7 Å². The Morgan fingerprint density at radius 1 is 1.05 bits per heavy atom. The number of hydrogen-bond acceptors (Lipinski definition) is 13. The van der Waals surface area contributed by atoms with Crippen LogP contribution >= 0.6 is 21.6 Å². The molecule has 4 heterocycles. The summed E-state index contributed by atoms with van der Waals surface area (Å²) in [6, 6.07) is 0. The van der Waals surface area contributed by atoms with Gasteiger partial charge in [0.15, 0.2) is 24.2 Å². The Morgan fingerprint density at radius 3 is 2.61 bits per heavy atom. The average molecular weight is 822 g/mol. The van der Waals surface area contributed by atoms with Crippen LogP contribution in [0.15, 0.2) is 28.8 Å². The van der Waals surface area contributed by atoms with Gasteiger partial charge in [0.05, 0.1) is 43.0 Å². The molecule has 7 rings (SSSR count). The monoisotopic (exact) mass is 821 g/mol. The maximum atomic E-state index is 12.7. The van der Waals surface area contributed by atoms with Crippen molar-refractivity contribution in [2.75, 3.05) is 31.4 Å². The van der Waals surface area contributed by atoms with Gasteiger partial charge in [-0.05, 0) is 81.5 Å². The number of carboxylic acid groups (broad SMARTS) is 1. The number of aliphatic carboxylic acids is 1. The van der Waals surface area contributed by atoms with E-state index in [1.54, 1.807) is 10.8 Å². The number of aliphatic hydroxyl groups excluding tert-OH is 3. The van der Waals surface area contributed by atoms with E-state index in [9.17, 15) is 30.3 Å². The van der Waals surface area contributed by atoms with E-state index in [2.05, 4.69) is 35.5 Å². The van der Waals surface area contributed by atoms with E-state index in [1.165, 1.54) is 48.5 Å². The highest BCUT2D eigenvalue weighted by molar-refractivity contribution is 8.76. The minimum absolute atomic E-state index is 0.0343. The van der Waals surface area contributed by atoms with Crippen molar-refractivity contribution in [3.63, 3.8) is 0 Å². The molecule has 0 spiro atoms. The summed E-state index contributed by atoms with van der Waals surface area (Å²) in [5.41, 5.74) is -0.749. The van der Waals surface area contributed by atoms with Crippen LogP contribution in [-0.4, -0.2) is 124 Å². The topological polar surface area (TPSA) is 180 Å². The van der Waals surface area contributed by atoms with Gasteiger partial charge < -0.3 is 49.8 Å². The quantitative estimate of drug-likeness (QED) is 0.105. The summed E-state index contributed by atoms with van der Waals surface area (Å²) in [7, 11) is 3.15. The summed E-state index contributed by atoms with van der Waals surface area (Å²) < 4.78 is 25.2. The number of hydrogen-bond donors (Lipinski definition) is 6. The van der Waals surface area contributed by atoms with Gasteiger partial charge >= 0.3 is 5.97 Å². The van der Waals surface area contributed by atoms with Gasteiger partial charge in [-0.25, -0.2) is 4.79 Å². The standard InChI is InChI=1S/C42H64N2O10S2/c1-25(6-5-9-26-7-3-2-4-8-26)32-20-44-23-42(50)39(52-24-56-55-22-34(32)28-16-17-43-19-28)37(47)38(40(48)49)54-41(42)53-30-14-15-31-35(18-30)51-21-33(36(31)46)27-10-12-29(45)13-11-27/h5,9,16-17,19,25-27,29-39,41,44-47,50H,2-4,6-8,10-15,18,20-24H2,1H3/p+1. The zero-order valence-electron chi connectivity index (χ0n) is 32.8. The number of nitrogens with one attached hydrogen (secondary N) is 1. The van der Waals surface area contributed by atoms with Crippen LogP contribution in [0.5, 0.6) is 0 Å². The van der Waals surface area contributed by atoms with Gasteiger partial charge in [0, 0.05) is 37.1 Å². The first-order valence-corrected chi connectivity index (χ1v) is 23.8. The van der Waals surface area contributed by atoms with E-state index >= 15 is 0 Å². The molecule has 0 aromatic carbocycles. The predicted octanol–water partition coefficient (Wildman–Crippen LogP) is 4.90. The van der Waals surface area contributed by atoms with Gasteiger partial charge in [-0.15, -0.1) is 4.99 Å². The van der Waals surface area contributed by atoms with Crippen LogP contribution in [0, 0.1) is 48.0 Å². The maximum absolute atomic E-state index is 12.7. The molecule has 6 N–H and O–H groups in total. The van der Waals surface area contributed by atoms with Gasteiger partial charge in [0.1, 0.15) is 30.3 Å². The highest BCUT2D eigenvalue weighted by Crippen LogP contribution is 2.45. The van der Waals surface area contributed by atoms with Crippen molar-refractivity contribution in [2.24, 2.45) is 46.4 Å². The number of rotatable bonds is 9. The fourth-order valence-electron chi connectivity index (χ4n) is 10.7. The highest BCUT2D eigenvalue weighted by atomic mass is 33.1. The molecule has 13 atom stereocenters. The SMILES string of the molecule is CC(CC=CC1CCCCC1)C1CNCC2(O)C(OC3CCC4C(C3)OCC(C3CCC(O)CC3)C4O)OC(C(=O)O)C(O)C2OCSSCC1C1=C[CH+]N=C1. The lowest BCUT2D eigenvalue weighted by Crippen LogP contribution is -2.72. The average Bonchev–Trinajstić information content (AvgIpc) is 3.73. The van der Waals surface area contributed by atoms with Crippen LogP contribution in [0.2, 0.25) is 0 Å². The summed E-state index contributed by atoms with van der Waals surface area (Å²) in [5, 5.41) is 59.3. The summed E-state index contributed by atoms with van der Waals surface area (Å²) in [6.45, 7) is 5.08. The first-order chi connectivity index (χ1) is 27.1. The number of ether oxygens (including phenoxy) is 4. The number of carboxylic acids is 1. The molecule has 14 heteroatoms. The van der Waals surface area contributed by atoms with Crippen molar-refractivity contribution in [1.29, 1.82) is 0 Å². The fourth-order valence-corrected chi connectivity index (χ4v) is 12.8. The maximum Gasteiger partial charge on any atom is 0.335 e. The van der Waals surface area contributed by atoms with E-state index in [-0.39, 0.29) is 48.4 Å². The molecule has 13 unspecified atom stereocenters. The zero-order chi connectivity index (χ0) is 39.2. The van der Waals surface area contributed by atoms with Gasteiger partial charge in [-0.2, -0.15) is 0 Å². The molecule has 12 nitrogen and oxygen atoms in total. The Hall–Kier alpha value is -1.17. The van der Waals surface area contributed by atoms with Crippen molar-refractivity contribution in [3.8, 4) is 0 Å². The minimum Gasteiger partial charge on any atom is -0.479 e.